The lowest BCUT2D eigenvalue weighted by molar-refractivity contribution is -0.119. The lowest BCUT2D eigenvalue weighted by Crippen LogP contribution is -2.57. The molecule has 0 unspecified atom stereocenters. The van der Waals surface area contributed by atoms with Gasteiger partial charge in [0.15, 0.2) is 5.78 Å². The highest BCUT2D eigenvalue weighted by Gasteiger charge is 2.58. The predicted octanol–water partition coefficient (Wildman–Crippen LogP) is 5.17. The lowest BCUT2D eigenvalue weighted by Gasteiger charge is -2.43. The summed E-state index contributed by atoms with van der Waals surface area (Å²) in [6.07, 6.45) is 0. The summed E-state index contributed by atoms with van der Waals surface area (Å²) < 4.78 is 0. The Kier molecular flexibility index (Phi) is 5.51. The van der Waals surface area contributed by atoms with Crippen molar-refractivity contribution in [2.75, 3.05) is 0 Å². The fourth-order valence-corrected chi connectivity index (χ4v) is 3.74. The Morgan fingerprint density at radius 1 is 1.12 bits per heavy atom. The van der Waals surface area contributed by atoms with Gasteiger partial charge in [-0.15, -0.1) is 23.2 Å². The Balaban J connectivity index is 2.59. The van der Waals surface area contributed by atoms with Crippen LogP contribution in [0, 0.1) is 5.41 Å². The number of aliphatic imine (C=N–C) groups is 1. The van der Waals surface area contributed by atoms with Crippen molar-refractivity contribution in [1.82, 2.24) is 0 Å². The number of halogens is 4. The standard InChI is InChI=1S/C17H15Cl4NO2/c1-16(2,3)17(21)13(20)12(10(18)11(19)14(17)23)22-15(24)9-7-5-4-6-8-9/h4-8,13H,1-3H3/t13-,17-/m0/s1. The molecule has 1 amide bonds. The minimum absolute atomic E-state index is 0.00158. The van der Waals surface area contributed by atoms with Gasteiger partial charge in [0.25, 0.3) is 5.91 Å². The summed E-state index contributed by atoms with van der Waals surface area (Å²) in [7, 11) is 0. The summed E-state index contributed by atoms with van der Waals surface area (Å²) in [5.41, 5.74) is -0.379. The number of carbonyl (C=O) groups excluding carboxylic acids is 2. The van der Waals surface area contributed by atoms with Crippen LogP contribution in [0.4, 0.5) is 0 Å². The van der Waals surface area contributed by atoms with Crippen LogP contribution in [-0.4, -0.2) is 27.7 Å². The van der Waals surface area contributed by atoms with Gasteiger partial charge >= 0.3 is 0 Å². The van der Waals surface area contributed by atoms with Gasteiger partial charge in [-0.1, -0.05) is 62.2 Å². The van der Waals surface area contributed by atoms with E-state index in [0.717, 1.165) is 0 Å². The number of benzene rings is 1. The molecule has 1 aliphatic carbocycles. The molecule has 1 aliphatic rings. The quantitative estimate of drug-likeness (QED) is 0.603. The number of carbonyl (C=O) groups is 2. The molecule has 0 spiro atoms. The minimum Gasteiger partial charge on any atom is -0.291 e. The molecule has 0 bridgehead atoms. The summed E-state index contributed by atoms with van der Waals surface area (Å²) >= 11 is 25.2. The Bertz CT molecular complexity index is 750. The van der Waals surface area contributed by atoms with Crippen molar-refractivity contribution in [1.29, 1.82) is 0 Å². The predicted molar refractivity (Wildman–Crippen MR) is 99.6 cm³/mol. The van der Waals surface area contributed by atoms with Gasteiger partial charge in [-0.3, -0.25) is 9.59 Å². The third kappa shape index (κ3) is 3.15. The second-order valence-corrected chi connectivity index (χ2v) is 8.24. The van der Waals surface area contributed by atoms with Crippen molar-refractivity contribution >= 4 is 63.8 Å². The van der Waals surface area contributed by atoms with Crippen LogP contribution in [0.5, 0.6) is 0 Å². The van der Waals surface area contributed by atoms with Crippen LogP contribution < -0.4 is 0 Å². The number of ketones is 1. The van der Waals surface area contributed by atoms with E-state index in [4.69, 9.17) is 46.4 Å². The van der Waals surface area contributed by atoms with Crippen LogP contribution in [0.1, 0.15) is 31.1 Å². The molecular formula is C17H15Cl4NO2. The molecule has 0 aliphatic heterocycles. The molecule has 1 aromatic carbocycles. The van der Waals surface area contributed by atoms with Crippen molar-refractivity contribution in [3.05, 3.63) is 46.0 Å². The molecule has 128 valence electrons. The lowest BCUT2D eigenvalue weighted by atomic mass is 9.71. The summed E-state index contributed by atoms with van der Waals surface area (Å²) in [5.74, 6) is -1.12. The molecule has 0 heterocycles. The molecule has 0 fully saturated rings. The normalized spacial score (nSPS) is 26.9. The van der Waals surface area contributed by atoms with E-state index in [0.29, 0.717) is 5.56 Å². The van der Waals surface area contributed by atoms with E-state index in [-0.39, 0.29) is 15.8 Å². The number of rotatable bonds is 1. The molecule has 0 saturated heterocycles. The maximum atomic E-state index is 12.6. The number of alkyl halides is 2. The number of hydrogen-bond acceptors (Lipinski definition) is 2. The van der Waals surface area contributed by atoms with Crippen molar-refractivity contribution in [3.63, 3.8) is 0 Å². The van der Waals surface area contributed by atoms with Crippen LogP contribution in [-0.2, 0) is 4.79 Å². The molecule has 2 rings (SSSR count). The highest BCUT2D eigenvalue weighted by molar-refractivity contribution is 6.65. The van der Waals surface area contributed by atoms with Gasteiger partial charge in [0.1, 0.15) is 15.3 Å². The van der Waals surface area contributed by atoms with E-state index in [9.17, 15) is 9.59 Å². The zero-order valence-corrected chi connectivity index (χ0v) is 16.3. The molecule has 1 aromatic rings. The molecule has 0 radical (unpaired) electrons. The van der Waals surface area contributed by atoms with Gasteiger partial charge in [0.05, 0.1) is 10.7 Å². The van der Waals surface area contributed by atoms with Gasteiger partial charge < -0.3 is 0 Å². The Morgan fingerprint density at radius 2 is 1.67 bits per heavy atom. The Labute approximate surface area is 160 Å². The maximum absolute atomic E-state index is 12.6. The van der Waals surface area contributed by atoms with E-state index in [1.807, 2.05) is 0 Å². The second-order valence-electron chi connectivity index (χ2n) is 6.45. The maximum Gasteiger partial charge on any atom is 0.277 e. The first-order valence-corrected chi connectivity index (χ1v) is 8.70. The van der Waals surface area contributed by atoms with Gasteiger partial charge in [-0.2, -0.15) is 0 Å². The first-order chi connectivity index (χ1) is 11.0. The van der Waals surface area contributed by atoms with Gasteiger partial charge in [-0.05, 0) is 17.5 Å². The van der Waals surface area contributed by atoms with Crippen LogP contribution in [0.15, 0.2) is 45.4 Å². The summed E-state index contributed by atoms with van der Waals surface area (Å²) in [4.78, 5) is 27.4. The van der Waals surface area contributed by atoms with Crippen LogP contribution >= 0.6 is 46.4 Å². The number of nitrogens with zero attached hydrogens (tertiary/aromatic N) is 1. The second kappa shape index (κ2) is 6.80. The van der Waals surface area contributed by atoms with Gasteiger partial charge in [0, 0.05) is 5.56 Å². The SMILES string of the molecule is CC(C)(C)[C@@]1(Cl)C(=O)C(Cl)=C(Cl)C(=NC(=O)c2ccccc2)[C@@H]1Cl. The summed E-state index contributed by atoms with van der Waals surface area (Å²) in [6.45, 7) is 5.27. The van der Waals surface area contributed by atoms with Crippen molar-refractivity contribution in [2.45, 2.75) is 31.0 Å². The third-order valence-corrected chi connectivity index (χ3v) is 6.31. The highest BCUT2D eigenvalue weighted by atomic mass is 35.5. The van der Waals surface area contributed by atoms with E-state index >= 15 is 0 Å². The summed E-state index contributed by atoms with van der Waals surface area (Å²) in [5, 5.41) is -1.51. The van der Waals surface area contributed by atoms with E-state index in [1.165, 1.54) is 0 Å². The number of allylic oxidation sites excluding steroid dienone is 2. The molecule has 0 aromatic heterocycles. The van der Waals surface area contributed by atoms with Gasteiger partial charge in [0.2, 0.25) is 0 Å². The molecule has 3 nitrogen and oxygen atoms in total. The topological polar surface area (TPSA) is 46.5 Å². The fourth-order valence-electron chi connectivity index (χ4n) is 2.37. The third-order valence-electron chi connectivity index (χ3n) is 3.87. The average Bonchev–Trinajstić information content (AvgIpc) is 2.54. The largest absolute Gasteiger partial charge is 0.291 e. The zero-order chi connectivity index (χ0) is 18.3. The van der Waals surface area contributed by atoms with Crippen molar-refractivity contribution in [3.8, 4) is 0 Å². The van der Waals surface area contributed by atoms with Gasteiger partial charge in [-0.25, -0.2) is 4.99 Å². The van der Waals surface area contributed by atoms with Crippen LogP contribution in [0.3, 0.4) is 0 Å². The van der Waals surface area contributed by atoms with Crippen LogP contribution in [0.25, 0.3) is 0 Å². The first-order valence-electron chi connectivity index (χ1n) is 7.13. The Morgan fingerprint density at radius 3 is 2.17 bits per heavy atom. The van der Waals surface area contributed by atoms with E-state index in [2.05, 4.69) is 4.99 Å². The number of amides is 1. The molecule has 7 heteroatoms. The van der Waals surface area contributed by atoms with Crippen molar-refractivity contribution in [2.24, 2.45) is 10.4 Å². The fraction of sp³-hybridized carbons (Fsp3) is 0.353. The highest BCUT2D eigenvalue weighted by Crippen LogP contribution is 2.49. The first kappa shape index (κ1) is 19.5. The van der Waals surface area contributed by atoms with Crippen LogP contribution in [0.2, 0.25) is 0 Å². The average molecular weight is 407 g/mol. The molecule has 24 heavy (non-hydrogen) atoms. The van der Waals surface area contributed by atoms with Crippen molar-refractivity contribution < 1.29 is 9.59 Å². The van der Waals surface area contributed by atoms with E-state index < -0.39 is 27.4 Å². The zero-order valence-electron chi connectivity index (χ0n) is 13.2. The number of Topliss-reactive ketones (excluding diaryl/α,β-unsaturated/α-hetero) is 1. The number of hydrogen-bond donors (Lipinski definition) is 0. The molecule has 0 saturated carbocycles. The molecular weight excluding hydrogens is 392 g/mol. The van der Waals surface area contributed by atoms with E-state index in [1.54, 1.807) is 51.1 Å². The monoisotopic (exact) mass is 405 g/mol. The molecule has 0 N–H and O–H groups in total. The molecule has 2 atom stereocenters. The summed E-state index contributed by atoms with van der Waals surface area (Å²) in [6, 6.07) is 8.42. The Hall–Kier alpha value is -0.870. The smallest absolute Gasteiger partial charge is 0.277 e. The minimum atomic E-state index is -1.57.